The second-order valence-corrected chi connectivity index (χ2v) is 8.24. The lowest BCUT2D eigenvalue weighted by Gasteiger charge is -2.22. The van der Waals surface area contributed by atoms with Crippen LogP contribution >= 0.6 is 0 Å². The van der Waals surface area contributed by atoms with Crippen LogP contribution in [0.1, 0.15) is 29.2 Å². The molecule has 5 nitrogen and oxygen atoms in total. The Hall–Kier alpha value is -3.86. The lowest BCUT2D eigenvalue weighted by Crippen LogP contribution is -2.34. The topological polar surface area (TPSA) is 49.9 Å². The molecular weight excluding hydrogens is 412 g/mol. The van der Waals surface area contributed by atoms with Gasteiger partial charge < -0.3 is 9.64 Å². The van der Waals surface area contributed by atoms with Crippen LogP contribution in [0.3, 0.4) is 0 Å². The molecule has 0 atom stereocenters. The minimum Gasteiger partial charge on any atom is -0.494 e. The Balaban J connectivity index is 1.77. The third kappa shape index (κ3) is 4.40. The SMILES string of the molecule is CCOc1ccc(N2C(=O)C(c3ccc(C)c(C)c3)=C(N(C)Cc3ccccc3)C2=O)cc1. The fourth-order valence-corrected chi connectivity index (χ4v) is 4.06. The molecule has 0 unspecified atom stereocenters. The normalized spacial score (nSPS) is 13.6. The van der Waals surface area contributed by atoms with Crippen molar-refractivity contribution in [2.24, 2.45) is 0 Å². The van der Waals surface area contributed by atoms with Gasteiger partial charge in [-0.25, -0.2) is 4.90 Å². The molecule has 0 spiro atoms. The zero-order valence-electron chi connectivity index (χ0n) is 19.5. The number of hydrogen-bond donors (Lipinski definition) is 0. The predicted octanol–water partition coefficient (Wildman–Crippen LogP) is 5.12. The van der Waals surface area contributed by atoms with Crippen molar-refractivity contribution in [3.05, 3.63) is 101 Å². The summed E-state index contributed by atoms with van der Waals surface area (Å²) in [6.07, 6.45) is 0. The second-order valence-electron chi connectivity index (χ2n) is 8.24. The van der Waals surface area contributed by atoms with Crippen molar-refractivity contribution >= 4 is 23.1 Å². The first-order chi connectivity index (χ1) is 15.9. The lowest BCUT2D eigenvalue weighted by molar-refractivity contribution is -0.120. The molecule has 0 saturated heterocycles. The summed E-state index contributed by atoms with van der Waals surface area (Å²) in [6.45, 7) is 7.02. The van der Waals surface area contributed by atoms with E-state index in [4.69, 9.17) is 4.74 Å². The maximum atomic E-state index is 13.7. The number of benzene rings is 3. The molecule has 3 aromatic carbocycles. The van der Waals surface area contributed by atoms with Crippen LogP contribution in [-0.2, 0) is 16.1 Å². The van der Waals surface area contributed by atoms with E-state index < -0.39 is 0 Å². The molecule has 0 aromatic heterocycles. The fraction of sp³-hybridized carbons (Fsp3) is 0.214. The van der Waals surface area contributed by atoms with E-state index in [0.29, 0.717) is 35.9 Å². The zero-order chi connectivity index (χ0) is 23.5. The first-order valence-electron chi connectivity index (χ1n) is 11.1. The Morgan fingerprint density at radius 3 is 2.18 bits per heavy atom. The van der Waals surface area contributed by atoms with Gasteiger partial charge in [0.05, 0.1) is 17.9 Å². The van der Waals surface area contributed by atoms with E-state index in [-0.39, 0.29) is 11.8 Å². The van der Waals surface area contributed by atoms with Gasteiger partial charge in [0.1, 0.15) is 11.4 Å². The minimum absolute atomic E-state index is 0.317. The number of likely N-dealkylation sites (N-methyl/N-ethyl adjacent to an activating group) is 1. The highest BCUT2D eigenvalue weighted by atomic mass is 16.5. The predicted molar refractivity (Wildman–Crippen MR) is 131 cm³/mol. The largest absolute Gasteiger partial charge is 0.494 e. The van der Waals surface area contributed by atoms with E-state index in [1.54, 1.807) is 24.3 Å². The Morgan fingerprint density at radius 2 is 1.55 bits per heavy atom. The lowest BCUT2D eigenvalue weighted by atomic mass is 9.99. The summed E-state index contributed by atoms with van der Waals surface area (Å²) in [7, 11) is 1.86. The van der Waals surface area contributed by atoms with Gasteiger partial charge in [-0.3, -0.25) is 9.59 Å². The number of nitrogens with zero attached hydrogens (tertiary/aromatic N) is 2. The molecule has 0 aliphatic carbocycles. The molecule has 2 amide bonds. The van der Waals surface area contributed by atoms with Gasteiger partial charge in [-0.2, -0.15) is 0 Å². The van der Waals surface area contributed by atoms with Crippen molar-refractivity contribution in [1.82, 2.24) is 4.90 Å². The summed E-state index contributed by atoms with van der Waals surface area (Å²) < 4.78 is 5.51. The summed E-state index contributed by atoms with van der Waals surface area (Å²) in [5, 5.41) is 0. The molecule has 5 heteroatoms. The maximum Gasteiger partial charge on any atom is 0.282 e. The van der Waals surface area contributed by atoms with E-state index in [2.05, 4.69) is 0 Å². The number of anilines is 1. The Kier molecular flexibility index (Phi) is 6.31. The molecule has 1 aliphatic rings. The van der Waals surface area contributed by atoms with Crippen LogP contribution < -0.4 is 9.64 Å². The summed E-state index contributed by atoms with van der Waals surface area (Å²) in [5.41, 5.74) is 5.38. The number of carbonyl (C=O) groups is 2. The van der Waals surface area contributed by atoms with Crippen LogP contribution in [0.15, 0.2) is 78.5 Å². The molecule has 4 rings (SSSR count). The van der Waals surface area contributed by atoms with Gasteiger partial charge in [0.25, 0.3) is 11.8 Å². The molecule has 1 aliphatic heterocycles. The Bertz CT molecular complexity index is 1210. The summed E-state index contributed by atoms with van der Waals surface area (Å²) in [5.74, 6) is 0.0576. The highest BCUT2D eigenvalue weighted by Gasteiger charge is 2.41. The first kappa shape index (κ1) is 22.3. The number of hydrogen-bond acceptors (Lipinski definition) is 4. The van der Waals surface area contributed by atoms with Crippen LogP contribution in [0.25, 0.3) is 5.57 Å². The number of imide groups is 1. The summed E-state index contributed by atoms with van der Waals surface area (Å²) >= 11 is 0. The van der Waals surface area contributed by atoms with Crippen LogP contribution in [0.5, 0.6) is 5.75 Å². The van der Waals surface area contributed by atoms with Gasteiger partial charge in [0.2, 0.25) is 0 Å². The fourth-order valence-electron chi connectivity index (χ4n) is 4.06. The van der Waals surface area contributed by atoms with Gasteiger partial charge in [-0.05, 0) is 67.3 Å². The Labute approximate surface area is 194 Å². The highest BCUT2D eigenvalue weighted by molar-refractivity contribution is 6.45. The molecule has 0 fully saturated rings. The molecular formula is C28H28N2O3. The standard InChI is InChI=1S/C28H28N2O3/c1-5-33-24-15-13-23(14-16-24)30-27(31)25(22-12-11-19(2)20(3)17-22)26(28(30)32)29(4)18-21-9-7-6-8-10-21/h6-17H,5,18H2,1-4H3. The molecule has 0 bridgehead atoms. The molecule has 33 heavy (non-hydrogen) atoms. The van der Waals surface area contributed by atoms with Crippen LogP contribution in [0.2, 0.25) is 0 Å². The van der Waals surface area contributed by atoms with Crippen molar-refractivity contribution in [2.45, 2.75) is 27.3 Å². The zero-order valence-corrected chi connectivity index (χ0v) is 19.5. The van der Waals surface area contributed by atoms with E-state index >= 15 is 0 Å². The highest BCUT2D eigenvalue weighted by Crippen LogP contribution is 2.36. The molecule has 0 saturated carbocycles. The second kappa shape index (κ2) is 9.33. The van der Waals surface area contributed by atoms with Gasteiger partial charge in [0.15, 0.2) is 0 Å². The summed E-state index contributed by atoms with van der Waals surface area (Å²) in [6, 6.07) is 22.9. The molecule has 1 heterocycles. The van der Waals surface area contributed by atoms with Crippen LogP contribution in [-0.4, -0.2) is 30.4 Å². The molecule has 0 radical (unpaired) electrons. The van der Waals surface area contributed by atoms with Gasteiger partial charge >= 0.3 is 0 Å². The number of aryl methyl sites for hydroxylation is 2. The smallest absolute Gasteiger partial charge is 0.282 e. The van der Waals surface area contributed by atoms with Crippen molar-refractivity contribution in [2.75, 3.05) is 18.6 Å². The average Bonchev–Trinajstić information content (AvgIpc) is 3.07. The Morgan fingerprint density at radius 1 is 0.848 bits per heavy atom. The number of ether oxygens (including phenoxy) is 1. The maximum absolute atomic E-state index is 13.7. The van der Waals surface area contributed by atoms with Crippen LogP contribution in [0.4, 0.5) is 5.69 Å². The third-order valence-corrected chi connectivity index (χ3v) is 5.91. The number of carbonyl (C=O) groups excluding carboxylic acids is 2. The molecule has 0 N–H and O–H groups in total. The average molecular weight is 441 g/mol. The van der Waals surface area contributed by atoms with E-state index in [1.807, 2.05) is 81.2 Å². The third-order valence-electron chi connectivity index (χ3n) is 5.91. The van der Waals surface area contributed by atoms with Gasteiger partial charge in [-0.1, -0.05) is 48.5 Å². The molecule has 168 valence electrons. The molecule has 3 aromatic rings. The first-order valence-corrected chi connectivity index (χ1v) is 11.1. The quantitative estimate of drug-likeness (QED) is 0.479. The summed E-state index contributed by atoms with van der Waals surface area (Å²) in [4.78, 5) is 30.5. The van der Waals surface area contributed by atoms with E-state index in [9.17, 15) is 9.59 Å². The van der Waals surface area contributed by atoms with Crippen molar-refractivity contribution in [3.63, 3.8) is 0 Å². The van der Waals surface area contributed by atoms with E-state index in [1.165, 1.54) is 4.90 Å². The van der Waals surface area contributed by atoms with Gasteiger partial charge in [0, 0.05) is 13.6 Å². The van der Waals surface area contributed by atoms with E-state index in [0.717, 1.165) is 22.3 Å². The number of rotatable bonds is 7. The van der Waals surface area contributed by atoms with Crippen molar-refractivity contribution in [3.8, 4) is 5.75 Å². The van der Waals surface area contributed by atoms with Crippen molar-refractivity contribution < 1.29 is 14.3 Å². The monoisotopic (exact) mass is 440 g/mol. The van der Waals surface area contributed by atoms with Gasteiger partial charge in [-0.15, -0.1) is 0 Å². The van der Waals surface area contributed by atoms with Crippen molar-refractivity contribution in [1.29, 1.82) is 0 Å². The minimum atomic E-state index is -0.323. The van der Waals surface area contributed by atoms with Crippen LogP contribution in [0, 0.1) is 13.8 Å². The number of amides is 2.